The average Bonchev–Trinajstić information content (AvgIpc) is 3.08. The zero-order chi connectivity index (χ0) is 17.3. The third-order valence-electron chi connectivity index (χ3n) is 4.15. The molecule has 0 aromatic heterocycles. The fourth-order valence-corrected chi connectivity index (χ4v) is 3.04. The van der Waals surface area contributed by atoms with Crippen molar-refractivity contribution in [2.24, 2.45) is 4.99 Å². The molecule has 2 aliphatic rings. The Morgan fingerprint density at radius 1 is 1.21 bits per heavy atom. The van der Waals surface area contributed by atoms with Crippen LogP contribution in [-0.2, 0) is 6.54 Å². The third-order valence-corrected chi connectivity index (χ3v) is 4.15. The summed E-state index contributed by atoms with van der Waals surface area (Å²) >= 11 is 0. The molecule has 0 amide bonds. The highest BCUT2D eigenvalue weighted by atomic mass is 19.1. The lowest BCUT2D eigenvalue weighted by Crippen LogP contribution is -2.44. The van der Waals surface area contributed by atoms with Gasteiger partial charge in [-0.2, -0.15) is 0 Å². The van der Waals surface area contributed by atoms with Crippen LogP contribution in [0.2, 0.25) is 0 Å². The SMILES string of the molecule is C=C/C(F)=C(\C(=C)F)N1Cc2cc(F)ccc2N=C1N1CCCC1. The van der Waals surface area contributed by atoms with Crippen molar-refractivity contribution in [3.63, 3.8) is 0 Å². The Morgan fingerprint density at radius 2 is 1.92 bits per heavy atom. The molecule has 1 aromatic rings. The minimum absolute atomic E-state index is 0.113. The van der Waals surface area contributed by atoms with E-state index in [-0.39, 0.29) is 12.2 Å². The highest BCUT2D eigenvalue weighted by Gasteiger charge is 2.31. The van der Waals surface area contributed by atoms with Gasteiger partial charge in [0, 0.05) is 18.7 Å². The molecule has 0 unspecified atom stereocenters. The van der Waals surface area contributed by atoms with Crippen molar-refractivity contribution in [3.8, 4) is 0 Å². The molecule has 24 heavy (non-hydrogen) atoms. The van der Waals surface area contributed by atoms with E-state index in [0.29, 0.717) is 17.2 Å². The number of halogens is 3. The van der Waals surface area contributed by atoms with Crippen molar-refractivity contribution >= 4 is 11.6 Å². The molecule has 2 heterocycles. The molecule has 0 bridgehead atoms. The highest BCUT2D eigenvalue weighted by Crippen LogP contribution is 2.34. The molecule has 0 saturated carbocycles. The largest absolute Gasteiger partial charge is 0.342 e. The number of allylic oxidation sites excluding steroid dienone is 3. The van der Waals surface area contributed by atoms with Gasteiger partial charge >= 0.3 is 0 Å². The number of hydrogen-bond donors (Lipinski definition) is 0. The van der Waals surface area contributed by atoms with E-state index in [4.69, 9.17) is 0 Å². The summed E-state index contributed by atoms with van der Waals surface area (Å²) in [6.45, 7) is 8.22. The van der Waals surface area contributed by atoms with Gasteiger partial charge in [-0.1, -0.05) is 13.2 Å². The Hall–Kier alpha value is -2.50. The van der Waals surface area contributed by atoms with E-state index in [2.05, 4.69) is 18.2 Å². The van der Waals surface area contributed by atoms with Crippen LogP contribution in [0, 0.1) is 5.82 Å². The Balaban J connectivity index is 2.12. The number of nitrogens with zero attached hydrogens (tertiary/aromatic N) is 3. The fraction of sp³-hybridized carbons (Fsp3) is 0.278. The number of rotatable bonds is 3. The topological polar surface area (TPSA) is 18.8 Å². The number of benzene rings is 1. The smallest absolute Gasteiger partial charge is 0.206 e. The van der Waals surface area contributed by atoms with Crippen molar-refractivity contribution in [1.82, 2.24) is 9.80 Å². The Morgan fingerprint density at radius 3 is 2.54 bits per heavy atom. The molecular weight excluding hydrogens is 315 g/mol. The summed E-state index contributed by atoms with van der Waals surface area (Å²) in [6.07, 6.45) is 2.91. The van der Waals surface area contributed by atoms with Crippen molar-refractivity contribution in [1.29, 1.82) is 0 Å². The summed E-state index contributed by atoms with van der Waals surface area (Å²) in [5.74, 6) is -1.70. The van der Waals surface area contributed by atoms with Gasteiger partial charge in [0.2, 0.25) is 5.96 Å². The lowest BCUT2D eigenvalue weighted by Gasteiger charge is -2.36. The Bertz CT molecular complexity index is 746. The number of aliphatic imine (C=N–C) groups is 1. The lowest BCUT2D eigenvalue weighted by molar-refractivity contribution is 0.369. The van der Waals surface area contributed by atoms with E-state index in [1.807, 2.05) is 4.90 Å². The second kappa shape index (κ2) is 6.55. The van der Waals surface area contributed by atoms with E-state index < -0.39 is 17.5 Å². The number of hydrogen-bond acceptors (Lipinski definition) is 3. The Kier molecular flexibility index (Phi) is 4.46. The van der Waals surface area contributed by atoms with Crippen molar-refractivity contribution in [3.05, 3.63) is 66.2 Å². The molecule has 0 radical (unpaired) electrons. The van der Waals surface area contributed by atoms with Crippen LogP contribution in [0.15, 0.2) is 59.8 Å². The monoisotopic (exact) mass is 333 g/mol. The summed E-state index contributed by atoms with van der Waals surface area (Å²) in [6, 6.07) is 4.24. The maximum atomic E-state index is 14.2. The van der Waals surface area contributed by atoms with Crippen molar-refractivity contribution < 1.29 is 13.2 Å². The van der Waals surface area contributed by atoms with Gasteiger partial charge in [0.25, 0.3) is 0 Å². The number of likely N-dealkylation sites (tertiary alicyclic amines) is 1. The maximum Gasteiger partial charge on any atom is 0.206 e. The molecule has 126 valence electrons. The predicted octanol–water partition coefficient (Wildman–Crippen LogP) is 4.57. The van der Waals surface area contributed by atoms with Crippen LogP contribution in [-0.4, -0.2) is 28.8 Å². The first kappa shape index (κ1) is 16.4. The first-order chi connectivity index (χ1) is 11.5. The van der Waals surface area contributed by atoms with E-state index in [0.717, 1.165) is 32.0 Å². The molecule has 2 aliphatic heterocycles. The fourth-order valence-electron chi connectivity index (χ4n) is 3.04. The normalized spacial score (nSPS) is 18.0. The zero-order valence-electron chi connectivity index (χ0n) is 13.2. The van der Waals surface area contributed by atoms with Gasteiger partial charge in [-0.3, -0.25) is 0 Å². The van der Waals surface area contributed by atoms with Crippen LogP contribution < -0.4 is 0 Å². The lowest BCUT2D eigenvalue weighted by atomic mass is 10.1. The van der Waals surface area contributed by atoms with E-state index in [1.165, 1.54) is 17.0 Å². The summed E-state index contributed by atoms with van der Waals surface area (Å²) in [7, 11) is 0. The molecule has 3 nitrogen and oxygen atoms in total. The number of guanidine groups is 1. The second-order valence-corrected chi connectivity index (χ2v) is 5.77. The molecule has 0 N–H and O–H groups in total. The van der Waals surface area contributed by atoms with Crippen molar-refractivity contribution in [2.75, 3.05) is 13.1 Å². The summed E-state index contributed by atoms with van der Waals surface area (Å²) in [5.41, 5.74) is 0.858. The first-order valence-corrected chi connectivity index (χ1v) is 7.78. The molecular formula is C18H18F3N3. The van der Waals surface area contributed by atoms with Crippen LogP contribution in [0.25, 0.3) is 0 Å². The summed E-state index contributed by atoms with van der Waals surface area (Å²) in [4.78, 5) is 7.92. The van der Waals surface area contributed by atoms with Crippen LogP contribution in [0.1, 0.15) is 18.4 Å². The van der Waals surface area contributed by atoms with Crippen LogP contribution >= 0.6 is 0 Å². The van der Waals surface area contributed by atoms with Gasteiger partial charge < -0.3 is 9.80 Å². The molecule has 3 rings (SSSR count). The molecule has 0 aliphatic carbocycles. The van der Waals surface area contributed by atoms with E-state index in [1.54, 1.807) is 6.07 Å². The molecule has 1 aromatic carbocycles. The molecule has 0 spiro atoms. The van der Waals surface area contributed by atoms with Crippen LogP contribution in [0.5, 0.6) is 0 Å². The van der Waals surface area contributed by atoms with Gasteiger partial charge in [0.05, 0.1) is 12.2 Å². The van der Waals surface area contributed by atoms with Gasteiger partial charge in [0.1, 0.15) is 23.2 Å². The minimum atomic E-state index is -0.917. The maximum absolute atomic E-state index is 14.2. The van der Waals surface area contributed by atoms with Gasteiger partial charge in [-0.25, -0.2) is 18.2 Å². The molecule has 1 saturated heterocycles. The quantitative estimate of drug-likeness (QED) is 0.754. The van der Waals surface area contributed by atoms with Crippen LogP contribution in [0.3, 0.4) is 0 Å². The Labute approximate surface area is 139 Å². The summed E-state index contributed by atoms with van der Waals surface area (Å²) < 4.78 is 41.7. The zero-order valence-corrected chi connectivity index (χ0v) is 13.2. The average molecular weight is 333 g/mol. The molecule has 1 fully saturated rings. The summed E-state index contributed by atoms with van der Waals surface area (Å²) in [5, 5.41) is 0. The minimum Gasteiger partial charge on any atom is -0.342 e. The van der Waals surface area contributed by atoms with E-state index >= 15 is 0 Å². The highest BCUT2D eigenvalue weighted by molar-refractivity contribution is 5.87. The van der Waals surface area contributed by atoms with Gasteiger partial charge in [0.15, 0.2) is 0 Å². The van der Waals surface area contributed by atoms with Gasteiger partial charge in [-0.15, -0.1) is 0 Å². The van der Waals surface area contributed by atoms with Crippen LogP contribution in [0.4, 0.5) is 18.9 Å². The molecule has 0 atom stereocenters. The van der Waals surface area contributed by atoms with Crippen molar-refractivity contribution in [2.45, 2.75) is 19.4 Å². The first-order valence-electron chi connectivity index (χ1n) is 7.78. The third kappa shape index (κ3) is 2.96. The van der Waals surface area contributed by atoms with Gasteiger partial charge in [-0.05, 0) is 37.1 Å². The molecule has 6 heteroatoms. The predicted molar refractivity (Wildman–Crippen MR) is 88.4 cm³/mol. The standard InChI is InChI=1S/C18H18F3N3/c1-3-15(21)17(12(2)19)24-11-13-10-14(20)6-7-16(13)22-18(24)23-8-4-5-9-23/h3,6-7,10H,1-2,4-5,8-9,11H2/b17-15-. The van der Waals surface area contributed by atoms with E-state index in [9.17, 15) is 13.2 Å². The second-order valence-electron chi connectivity index (χ2n) is 5.77. The number of fused-ring (bicyclic) bond motifs is 1.